The van der Waals surface area contributed by atoms with Crippen molar-refractivity contribution in [2.45, 2.75) is 0 Å². The molecule has 0 radical (unpaired) electrons. The molecular formula is C34H20N2S. The number of aromatic amines is 1. The van der Waals surface area contributed by atoms with Crippen LogP contribution in [0.1, 0.15) is 0 Å². The molecule has 0 spiro atoms. The van der Waals surface area contributed by atoms with Crippen LogP contribution in [-0.4, -0.2) is 9.55 Å². The lowest BCUT2D eigenvalue weighted by Crippen LogP contribution is -1.94. The highest BCUT2D eigenvalue weighted by Crippen LogP contribution is 2.44. The zero-order valence-corrected chi connectivity index (χ0v) is 20.6. The average Bonchev–Trinajstić information content (AvgIpc) is 3.60. The molecule has 3 aromatic heterocycles. The maximum Gasteiger partial charge on any atom is 0.0555 e. The quantitative estimate of drug-likeness (QED) is 0.237. The summed E-state index contributed by atoms with van der Waals surface area (Å²) in [6.07, 6.45) is 0. The Hall–Kier alpha value is -4.60. The number of benzene rings is 6. The topological polar surface area (TPSA) is 20.7 Å². The average molecular weight is 489 g/mol. The highest BCUT2D eigenvalue weighted by Gasteiger charge is 2.18. The van der Waals surface area contributed by atoms with Crippen LogP contribution in [0.25, 0.3) is 80.2 Å². The first kappa shape index (κ1) is 19.6. The van der Waals surface area contributed by atoms with Gasteiger partial charge in [0.1, 0.15) is 0 Å². The van der Waals surface area contributed by atoms with E-state index in [1.165, 1.54) is 80.2 Å². The van der Waals surface area contributed by atoms with Crippen molar-refractivity contribution in [3.63, 3.8) is 0 Å². The lowest BCUT2D eigenvalue weighted by Gasteiger charge is -2.11. The van der Waals surface area contributed by atoms with E-state index in [2.05, 4.69) is 125 Å². The number of hydrogen-bond acceptors (Lipinski definition) is 1. The zero-order valence-electron chi connectivity index (χ0n) is 19.8. The van der Waals surface area contributed by atoms with Crippen LogP contribution in [0.5, 0.6) is 0 Å². The lowest BCUT2D eigenvalue weighted by molar-refractivity contribution is 1.20. The third kappa shape index (κ3) is 2.54. The minimum Gasteiger partial charge on any atom is -0.354 e. The molecule has 0 fully saturated rings. The lowest BCUT2D eigenvalue weighted by atomic mass is 10.0. The Morgan fingerprint density at radius 3 is 2.22 bits per heavy atom. The van der Waals surface area contributed by atoms with Crippen LogP contribution in [0.2, 0.25) is 0 Å². The molecule has 1 N–H and O–H groups in total. The predicted molar refractivity (Wildman–Crippen MR) is 161 cm³/mol. The second kappa shape index (κ2) is 7.00. The van der Waals surface area contributed by atoms with Crippen molar-refractivity contribution < 1.29 is 0 Å². The minimum atomic E-state index is 1.19. The highest BCUT2D eigenvalue weighted by atomic mass is 32.1. The van der Waals surface area contributed by atoms with Gasteiger partial charge in [0.2, 0.25) is 0 Å². The first-order valence-electron chi connectivity index (χ1n) is 12.6. The molecule has 37 heavy (non-hydrogen) atoms. The minimum absolute atomic E-state index is 1.19. The standard InChI is InChI=1S/C34H20N2S/c1-2-10-21-20(8-1)9-7-15-28(21)36-29-14-6-4-11-22(29)24-18-25-32(19-30(24)36)37-31-17-16-27-33(34(25)31)23-12-3-5-13-26(23)35-27/h1-19,35H. The molecule has 6 aromatic carbocycles. The van der Waals surface area contributed by atoms with E-state index in [1.807, 2.05) is 11.3 Å². The van der Waals surface area contributed by atoms with E-state index >= 15 is 0 Å². The SMILES string of the molecule is c1ccc2c(-n3c4ccccc4c4cc5c(cc43)sc3ccc4[nH]c6ccccc6c4c35)cccc2c1. The molecule has 9 rings (SSSR count). The Bertz CT molecular complexity index is 2360. The van der Waals surface area contributed by atoms with Crippen LogP contribution in [0.3, 0.4) is 0 Å². The Morgan fingerprint density at radius 2 is 1.27 bits per heavy atom. The summed E-state index contributed by atoms with van der Waals surface area (Å²) in [5.41, 5.74) is 6.12. The molecule has 0 aliphatic heterocycles. The number of aromatic nitrogens is 2. The predicted octanol–water partition coefficient (Wildman–Crippen LogP) is 9.94. The van der Waals surface area contributed by atoms with Crippen molar-refractivity contribution >= 4 is 85.9 Å². The molecule has 0 saturated heterocycles. The summed E-state index contributed by atoms with van der Waals surface area (Å²) >= 11 is 1.89. The summed E-state index contributed by atoms with van der Waals surface area (Å²) in [7, 11) is 0. The van der Waals surface area contributed by atoms with E-state index in [0.717, 1.165) is 0 Å². The number of para-hydroxylation sites is 2. The molecule has 3 heteroatoms. The summed E-state index contributed by atoms with van der Waals surface area (Å²) in [4.78, 5) is 3.63. The molecule has 172 valence electrons. The Morgan fingerprint density at radius 1 is 0.486 bits per heavy atom. The van der Waals surface area contributed by atoms with Gasteiger partial charge in [-0.15, -0.1) is 11.3 Å². The van der Waals surface area contributed by atoms with Gasteiger partial charge < -0.3 is 9.55 Å². The number of hydrogen-bond donors (Lipinski definition) is 1. The van der Waals surface area contributed by atoms with E-state index < -0.39 is 0 Å². The molecule has 0 amide bonds. The van der Waals surface area contributed by atoms with Gasteiger partial charge in [-0.3, -0.25) is 0 Å². The maximum absolute atomic E-state index is 3.63. The summed E-state index contributed by atoms with van der Waals surface area (Å²) in [6.45, 7) is 0. The molecule has 2 nitrogen and oxygen atoms in total. The fourth-order valence-corrected chi connectivity index (χ4v) is 7.46. The molecule has 0 saturated carbocycles. The Balaban J connectivity index is 1.48. The number of thiophene rings is 1. The summed E-state index contributed by atoms with van der Waals surface area (Å²) in [5.74, 6) is 0. The molecular weight excluding hydrogens is 468 g/mol. The van der Waals surface area contributed by atoms with Crippen LogP contribution in [0, 0.1) is 0 Å². The first-order chi connectivity index (χ1) is 18.3. The van der Waals surface area contributed by atoms with E-state index in [1.54, 1.807) is 0 Å². The van der Waals surface area contributed by atoms with E-state index in [-0.39, 0.29) is 0 Å². The van der Waals surface area contributed by atoms with Crippen molar-refractivity contribution in [1.29, 1.82) is 0 Å². The second-order valence-electron chi connectivity index (χ2n) is 9.85. The largest absolute Gasteiger partial charge is 0.354 e. The van der Waals surface area contributed by atoms with Gasteiger partial charge in [-0.25, -0.2) is 0 Å². The van der Waals surface area contributed by atoms with Gasteiger partial charge in [-0.1, -0.05) is 72.8 Å². The van der Waals surface area contributed by atoms with Gasteiger partial charge in [0.25, 0.3) is 0 Å². The Kier molecular flexibility index (Phi) is 3.70. The molecule has 3 heterocycles. The van der Waals surface area contributed by atoms with Crippen molar-refractivity contribution in [3.05, 3.63) is 115 Å². The van der Waals surface area contributed by atoms with Gasteiger partial charge in [0.15, 0.2) is 0 Å². The van der Waals surface area contributed by atoms with E-state index in [4.69, 9.17) is 0 Å². The summed E-state index contributed by atoms with van der Waals surface area (Å²) in [6, 6.07) is 42.1. The number of nitrogens with zero attached hydrogens (tertiary/aromatic N) is 1. The van der Waals surface area contributed by atoms with Crippen LogP contribution in [0.4, 0.5) is 0 Å². The third-order valence-corrected chi connectivity index (χ3v) is 9.02. The summed E-state index contributed by atoms with van der Waals surface area (Å²) in [5, 5.41) is 10.4. The second-order valence-corrected chi connectivity index (χ2v) is 10.9. The van der Waals surface area contributed by atoms with Gasteiger partial charge in [0, 0.05) is 58.1 Å². The third-order valence-electron chi connectivity index (χ3n) is 7.90. The van der Waals surface area contributed by atoms with Gasteiger partial charge >= 0.3 is 0 Å². The number of rotatable bonds is 1. The Labute approximate surface area is 216 Å². The van der Waals surface area contributed by atoms with E-state index in [9.17, 15) is 0 Å². The van der Waals surface area contributed by atoms with Crippen LogP contribution >= 0.6 is 11.3 Å². The first-order valence-corrected chi connectivity index (χ1v) is 13.4. The zero-order chi connectivity index (χ0) is 24.1. The van der Waals surface area contributed by atoms with Gasteiger partial charge in [-0.2, -0.15) is 0 Å². The number of H-pyrrole nitrogens is 1. The number of fused-ring (bicyclic) bond motifs is 11. The number of nitrogens with one attached hydrogen (secondary N) is 1. The van der Waals surface area contributed by atoms with Crippen LogP contribution < -0.4 is 0 Å². The van der Waals surface area contributed by atoms with E-state index in [0.29, 0.717) is 0 Å². The molecule has 0 aliphatic carbocycles. The molecule has 0 aliphatic rings. The van der Waals surface area contributed by atoms with Crippen molar-refractivity contribution in [2.75, 3.05) is 0 Å². The van der Waals surface area contributed by atoms with Gasteiger partial charge in [0.05, 0.1) is 16.7 Å². The maximum atomic E-state index is 3.63. The summed E-state index contributed by atoms with van der Waals surface area (Å²) < 4.78 is 5.11. The van der Waals surface area contributed by atoms with Crippen LogP contribution in [-0.2, 0) is 0 Å². The smallest absolute Gasteiger partial charge is 0.0555 e. The molecule has 0 bridgehead atoms. The fourth-order valence-electron chi connectivity index (χ4n) is 6.33. The van der Waals surface area contributed by atoms with Gasteiger partial charge in [-0.05, 0) is 47.9 Å². The highest BCUT2D eigenvalue weighted by molar-refractivity contribution is 7.26. The normalized spacial score (nSPS) is 12.3. The van der Waals surface area contributed by atoms with Crippen molar-refractivity contribution in [2.24, 2.45) is 0 Å². The van der Waals surface area contributed by atoms with Crippen molar-refractivity contribution in [1.82, 2.24) is 9.55 Å². The monoisotopic (exact) mass is 488 g/mol. The molecule has 0 unspecified atom stereocenters. The molecule has 0 atom stereocenters. The van der Waals surface area contributed by atoms with Crippen molar-refractivity contribution in [3.8, 4) is 5.69 Å². The fraction of sp³-hybridized carbons (Fsp3) is 0. The van der Waals surface area contributed by atoms with Crippen LogP contribution in [0.15, 0.2) is 115 Å². The molecule has 9 aromatic rings.